The number of nitro groups is 1. The molecule has 1 heterocycles. The number of hydrogen-bond donors (Lipinski definition) is 1. The molecule has 198 valence electrons. The quantitative estimate of drug-likeness (QED) is 0.255. The molecule has 1 amide bonds. The minimum absolute atomic E-state index is 0.0172. The summed E-state index contributed by atoms with van der Waals surface area (Å²) in [5.74, 6) is -1.09. The van der Waals surface area contributed by atoms with E-state index < -0.39 is 28.9 Å². The fraction of sp³-hybridized carbons (Fsp3) is 0.333. The highest BCUT2D eigenvalue weighted by Gasteiger charge is 2.34. The smallest absolute Gasteiger partial charge is 0.339 e. The van der Waals surface area contributed by atoms with Crippen molar-refractivity contribution < 1.29 is 19.2 Å². The normalized spacial score (nSPS) is 17.2. The van der Waals surface area contributed by atoms with E-state index in [0.29, 0.717) is 41.4 Å². The lowest BCUT2D eigenvalue weighted by atomic mass is 9.83. The van der Waals surface area contributed by atoms with Crippen molar-refractivity contribution in [2.45, 2.75) is 56.9 Å². The molecule has 39 heavy (non-hydrogen) atoms. The van der Waals surface area contributed by atoms with Gasteiger partial charge < -0.3 is 10.1 Å². The van der Waals surface area contributed by atoms with Gasteiger partial charge in [-0.1, -0.05) is 37.5 Å². The minimum Gasteiger partial charge on any atom is -0.452 e. The van der Waals surface area contributed by atoms with E-state index in [1.54, 1.807) is 12.1 Å². The monoisotopic (exact) mass is 524 g/mol. The number of benzene rings is 2. The third-order valence-electron chi connectivity index (χ3n) is 7.45. The number of aromatic nitrogens is 1. The molecule has 2 aromatic carbocycles. The Morgan fingerprint density at radius 3 is 2.54 bits per heavy atom. The summed E-state index contributed by atoms with van der Waals surface area (Å²) in [6.07, 6.45) is 8.06. The van der Waals surface area contributed by atoms with Crippen molar-refractivity contribution in [1.29, 1.82) is 5.26 Å². The van der Waals surface area contributed by atoms with Gasteiger partial charge in [0.1, 0.15) is 5.54 Å². The molecular weight excluding hydrogens is 496 g/mol. The molecule has 1 saturated carbocycles. The number of para-hydroxylation sites is 1. The van der Waals surface area contributed by atoms with Crippen molar-refractivity contribution in [3.8, 4) is 6.07 Å². The summed E-state index contributed by atoms with van der Waals surface area (Å²) in [4.78, 5) is 41.6. The van der Waals surface area contributed by atoms with Crippen LogP contribution in [-0.2, 0) is 16.0 Å². The fourth-order valence-corrected chi connectivity index (χ4v) is 5.53. The van der Waals surface area contributed by atoms with Crippen molar-refractivity contribution in [2.75, 3.05) is 6.61 Å². The third kappa shape index (κ3) is 5.50. The van der Waals surface area contributed by atoms with Gasteiger partial charge in [0.25, 0.3) is 11.6 Å². The highest BCUT2D eigenvalue weighted by Crippen LogP contribution is 2.36. The largest absolute Gasteiger partial charge is 0.452 e. The van der Waals surface area contributed by atoms with Gasteiger partial charge in [-0.3, -0.25) is 14.9 Å². The summed E-state index contributed by atoms with van der Waals surface area (Å²) in [5, 5.41) is 24.1. The van der Waals surface area contributed by atoms with Crippen LogP contribution in [0.15, 0.2) is 48.5 Å². The fourth-order valence-electron chi connectivity index (χ4n) is 5.53. The number of nitrogens with one attached hydrogen (secondary N) is 1. The van der Waals surface area contributed by atoms with Gasteiger partial charge in [-0.15, -0.1) is 0 Å². The number of nitro benzene ring substituents is 1. The first-order valence-corrected chi connectivity index (χ1v) is 13.2. The minimum atomic E-state index is -0.901. The molecule has 1 aromatic heterocycles. The van der Waals surface area contributed by atoms with E-state index in [0.717, 1.165) is 48.8 Å². The zero-order valence-electron chi connectivity index (χ0n) is 21.4. The van der Waals surface area contributed by atoms with E-state index in [9.17, 15) is 25.0 Å². The number of carbonyl (C=O) groups is 2. The van der Waals surface area contributed by atoms with Crippen LogP contribution in [0.4, 0.5) is 5.69 Å². The Bertz CT molecular complexity index is 1510. The molecule has 1 fully saturated rings. The molecule has 0 spiro atoms. The molecule has 9 nitrogen and oxygen atoms in total. The Hall–Kier alpha value is -4.58. The number of ether oxygens (including phenoxy) is 1. The van der Waals surface area contributed by atoms with Crippen LogP contribution in [0, 0.1) is 21.4 Å². The molecule has 0 radical (unpaired) electrons. The van der Waals surface area contributed by atoms with Gasteiger partial charge in [0.15, 0.2) is 6.61 Å². The van der Waals surface area contributed by atoms with Crippen molar-refractivity contribution in [3.63, 3.8) is 0 Å². The summed E-state index contributed by atoms with van der Waals surface area (Å²) in [7, 11) is 0. The van der Waals surface area contributed by atoms with Gasteiger partial charge in [-0.2, -0.15) is 5.26 Å². The maximum absolute atomic E-state index is 13.5. The van der Waals surface area contributed by atoms with Crippen LogP contribution < -0.4 is 5.32 Å². The van der Waals surface area contributed by atoms with Crippen LogP contribution in [0.5, 0.6) is 0 Å². The Labute approximate surface area is 225 Å². The average Bonchev–Trinajstić information content (AvgIpc) is 2.95. The van der Waals surface area contributed by atoms with E-state index in [1.165, 1.54) is 12.1 Å². The van der Waals surface area contributed by atoms with Crippen molar-refractivity contribution in [2.24, 2.45) is 0 Å². The van der Waals surface area contributed by atoms with Crippen LogP contribution in [0.3, 0.4) is 0 Å². The van der Waals surface area contributed by atoms with Crippen LogP contribution in [0.1, 0.15) is 72.1 Å². The summed E-state index contributed by atoms with van der Waals surface area (Å²) < 4.78 is 5.51. The maximum atomic E-state index is 13.5. The highest BCUT2D eigenvalue weighted by atomic mass is 16.6. The predicted molar refractivity (Wildman–Crippen MR) is 146 cm³/mol. The predicted octanol–water partition coefficient (Wildman–Crippen LogP) is 5.52. The van der Waals surface area contributed by atoms with E-state index in [1.807, 2.05) is 30.3 Å². The lowest BCUT2D eigenvalue weighted by Gasteiger charge is -2.31. The lowest BCUT2D eigenvalue weighted by molar-refractivity contribution is -0.384. The number of hydrogen-bond acceptors (Lipinski definition) is 7. The van der Waals surface area contributed by atoms with Gasteiger partial charge in [-0.05, 0) is 73.1 Å². The van der Waals surface area contributed by atoms with Gasteiger partial charge >= 0.3 is 5.97 Å². The number of amides is 1. The number of nitriles is 1. The molecular formula is C30H28N4O5. The summed E-state index contributed by atoms with van der Waals surface area (Å²) in [5.41, 5.74) is 3.33. The first-order chi connectivity index (χ1) is 18.9. The van der Waals surface area contributed by atoms with Crippen LogP contribution in [0.25, 0.3) is 22.6 Å². The van der Waals surface area contributed by atoms with Gasteiger partial charge in [0.05, 0.1) is 27.8 Å². The maximum Gasteiger partial charge on any atom is 0.339 e. The van der Waals surface area contributed by atoms with Crippen molar-refractivity contribution in [3.05, 3.63) is 81.0 Å². The molecule has 1 N–H and O–H groups in total. The molecule has 3 aromatic rings. The number of fused-ring (bicyclic) bond motifs is 2. The number of pyridine rings is 1. The molecule has 0 bridgehead atoms. The molecule has 0 aliphatic heterocycles. The number of rotatable bonds is 6. The van der Waals surface area contributed by atoms with E-state index in [2.05, 4.69) is 11.4 Å². The Kier molecular flexibility index (Phi) is 7.37. The topological polar surface area (TPSA) is 135 Å². The average molecular weight is 525 g/mol. The van der Waals surface area contributed by atoms with E-state index in [4.69, 9.17) is 9.72 Å². The first-order valence-electron chi connectivity index (χ1n) is 13.2. The molecule has 5 rings (SSSR count). The van der Waals surface area contributed by atoms with Crippen LogP contribution >= 0.6 is 0 Å². The summed E-state index contributed by atoms with van der Waals surface area (Å²) in [6.45, 7) is -0.473. The number of esters is 1. The molecule has 0 unspecified atom stereocenters. The molecule has 0 saturated heterocycles. The number of carbonyl (C=O) groups excluding carboxylic acids is 2. The lowest BCUT2D eigenvalue weighted by Crippen LogP contribution is -2.50. The summed E-state index contributed by atoms with van der Waals surface area (Å²) in [6, 6.07) is 15.9. The van der Waals surface area contributed by atoms with E-state index in [-0.39, 0.29) is 5.69 Å². The van der Waals surface area contributed by atoms with Gasteiger partial charge in [-0.25, -0.2) is 9.78 Å². The second-order valence-corrected chi connectivity index (χ2v) is 10.1. The Morgan fingerprint density at radius 2 is 1.82 bits per heavy atom. The van der Waals surface area contributed by atoms with Crippen LogP contribution in [-0.4, -0.2) is 33.9 Å². The summed E-state index contributed by atoms with van der Waals surface area (Å²) >= 11 is 0. The highest BCUT2D eigenvalue weighted by molar-refractivity contribution is 6.07. The number of nitrogens with zero attached hydrogens (tertiary/aromatic N) is 3. The SMILES string of the molecule is N#CC1(NC(=O)COC(=O)c2c3c(nc4ccccc24)/C(=C/c2ccc([N+](=O)[O-])cc2)CCC3)CCCCC1. The number of non-ortho nitro benzene ring substituents is 1. The van der Waals surface area contributed by atoms with Crippen molar-refractivity contribution >= 4 is 40.1 Å². The molecule has 9 heteroatoms. The standard InChI is InChI=1S/C30H28N4O5/c31-19-30(15-4-1-5-16-30)33-26(35)18-39-29(36)27-23-8-2-3-10-25(23)32-28-21(7-6-9-24(27)28)17-20-11-13-22(14-12-20)34(37)38/h2-3,8,10-14,17H,1,4-7,9,15-16,18H2,(H,33,35)/b21-17+. The van der Waals surface area contributed by atoms with Gasteiger partial charge in [0.2, 0.25) is 0 Å². The molecule has 2 aliphatic carbocycles. The number of allylic oxidation sites excluding steroid dienone is 1. The Balaban J connectivity index is 1.44. The van der Waals surface area contributed by atoms with E-state index >= 15 is 0 Å². The second-order valence-electron chi connectivity index (χ2n) is 10.1. The Morgan fingerprint density at radius 1 is 1.08 bits per heavy atom. The van der Waals surface area contributed by atoms with Crippen molar-refractivity contribution in [1.82, 2.24) is 10.3 Å². The zero-order chi connectivity index (χ0) is 27.4. The zero-order valence-corrected chi connectivity index (χ0v) is 21.4. The molecule has 0 atom stereocenters. The van der Waals surface area contributed by atoms with Gasteiger partial charge in [0, 0.05) is 17.5 Å². The molecule has 2 aliphatic rings. The first kappa shape index (κ1) is 26.0. The second kappa shape index (κ2) is 11.0. The third-order valence-corrected chi connectivity index (χ3v) is 7.45. The van der Waals surface area contributed by atoms with Crippen LogP contribution in [0.2, 0.25) is 0 Å².